The standard InChI is InChI=1S/C15H17Br2ClN2O/c1-3-4-12(10-5-7-11(18)8-6-10)19-20-13(21)14(2)9-15(14,16)17/h5-8H,3-4,9H2,1-2H3,(H,20,21). The van der Waals surface area contributed by atoms with Crippen molar-refractivity contribution in [2.75, 3.05) is 0 Å². The number of carbonyl (C=O) groups is 1. The third kappa shape index (κ3) is 3.69. The Bertz CT molecular complexity index is 572. The lowest BCUT2D eigenvalue weighted by Crippen LogP contribution is -2.30. The van der Waals surface area contributed by atoms with Crippen molar-refractivity contribution in [3.8, 4) is 0 Å². The van der Waals surface area contributed by atoms with E-state index in [1.165, 1.54) is 0 Å². The maximum Gasteiger partial charge on any atom is 0.248 e. The smallest absolute Gasteiger partial charge is 0.248 e. The number of rotatable bonds is 5. The van der Waals surface area contributed by atoms with E-state index in [1.807, 2.05) is 31.2 Å². The molecule has 0 spiro atoms. The van der Waals surface area contributed by atoms with Gasteiger partial charge in [0.1, 0.15) is 0 Å². The van der Waals surface area contributed by atoms with Gasteiger partial charge in [0.05, 0.1) is 14.4 Å². The Balaban J connectivity index is 2.12. The molecule has 1 aliphatic rings. The first-order chi connectivity index (χ1) is 9.80. The number of benzene rings is 1. The molecular weight excluding hydrogens is 419 g/mol. The molecule has 0 bridgehead atoms. The SMILES string of the molecule is CCCC(=NNC(=O)C1(C)CC1(Br)Br)c1ccc(Cl)cc1. The van der Waals surface area contributed by atoms with Gasteiger partial charge in [0.25, 0.3) is 0 Å². The second-order valence-corrected chi connectivity index (χ2v) is 9.68. The monoisotopic (exact) mass is 434 g/mol. The van der Waals surface area contributed by atoms with Crippen molar-refractivity contribution >= 4 is 55.1 Å². The molecule has 3 nitrogen and oxygen atoms in total. The Labute approximate surface area is 146 Å². The molecule has 2 rings (SSSR count). The number of hydrogen-bond donors (Lipinski definition) is 1. The molecule has 1 amide bonds. The summed E-state index contributed by atoms with van der Waals surface area (Å²) >= 11 is 12.9. The molecule has 0 aliphatic heterocycles. The van der Waals surface area contributed by atoms with Crippen LogP contribution in [0.5, 0.6) is 0 Å². The van der Waals surface area contributed by atoms with Crippen molar-refractivity contribution in [3.63, 3.8) is 0 Å². The van der Waals surface area contributed by atoms with E-state index in [0.717, 1.165) is 30.5 Å². The lowest BCUT2D eigenvalue weighted by molar-refractivity contribution is -0.125. The third-order valence-electron chi connectivity index (χ3n) is 3.72. The predicted molar refractivity (Wildman–Crippen MR) is 94.3 cm³/mol. The molecule has 0 saturated heterocycles. The van der Waals surface area contributed by atoms with Crippen LogP contribution >= 0.6 is 43.5 Å². The summed E-state index contributed by atoms with van der Waals surface area (Å²) in [6.45, 7) is 3.99. The first-order valence-electron chi connectivity index (χ1n) is 6.81. The van der Waals surface area contributed by atoms with Gasteiger partial charge < -0.3 is 0 Å². The molecule has 0 radical (unpaired) electrons. The molecule has 0 aromatic heterocycles. The van der Waals surface area contributed by atoms with Crippen molar-refractivity contribution in [1.29, 1.82) is 0 Å². The van der Waals surface area contributed by atoms with E-state index >= 15 is 0 Å². The van der Waals surface area contributed by atoms with E-state index in [9.17, 15) is 4.79 Å². The number of nitrogens with one attached hydrogen (secondary N) is 1. The summed E-state index contributed by atoms with van der Waals surface area (Å²) in [5, 5.41) is 5.01. The van der Waals surface area contributed by atoms with Crippen LogP contribution in [0.15, 0.2) is 29.4 Å². The van der Waals surface area contributed by atoms with Crippen LogP contribution in [0.4, 0.5) is 0 Å². The zero-order valence-corrected chi connectivity index (χ0v) is 15.8. The first-order valence-corrected chi connectivity index (χ1v) is 8.77. The number of hydrazone groups is 1. The molecule has 1 atom stereocenters. The third-order valence-corrected chi connectivity index (χ3v) is 6.28. The van der Waals surface area contributed by atoms with Gasteiger partial charge in [-0.2, -0.15) is 5.10 Å². The second kappa shape index (κ2) is 6.39. The second-order valence-electron chi connectivity index (χ2n) is 5.47. The van der Waals surface area contributed by atoms with Gasteiger partial charge in [0.2, 0.25) is 5.91 Å². The van der Waals surface area contributed by atoms with Crippen LogP contribution in [0.2, 0.25) is 5.02 Å². The van der Waals surface area contributed by atoms with E-state index in [4.69, 9.17) is 11.6 Å². The highest BCUT2D eigenvalue weighted by atomic mass is 79.9. The van der Waals surface area contributed by atoms with Crippen molar-refractivity contribution in [2.24, 2.45) is 10.5 Å². The number of alkyl halides is 2. The minimum absolute atomic E-state index is 0.0844. The summed E-state index contributed by atoms with van der Waals surface area (Å²) in [6.07, 6.45) is 2.49. The lowest BCUT2D eigenvalue weighted by atomic mass is 10.1. The van der Waals surface area contributed by atoms with Gasteiger partial charge in [0.15, 0.2) is 0 Å². The number of nitrogens with zero attached hydrogens (tertiary/aromatic N) is 1. The highest BCUT2D eigenvalue weighted by Gasteiger charge is 2.66. The summed E-state index contributed by atoms with van der Waals surface area (Å²) in [7, 11) is 0. The zero-order valence-electron chi connectivity index (χ0n) is 11.9. The van der Waals surface area contributed by atoms with Crippen molar-refractivity contribution < 1.29 is 4.79 Å². The number of amides is 1. The van der Waals surface area contributed by atoms with Crippen LogP contribution in [-0.4, -0.2) is 14.9 Å². The van der Waals surface area contributed by atoms with Gasteiger partial charge in [-0.3, -0.25) is 4.79 Å². The van der Waals surface area contributed by atoms with Crippen molar-refractivity contribution in [3.05, 3.63) is 34.9 Å². The average molecular weight is 437 g/mol. The maximum atomic E-state index is 12.2. The highest BCUT2D eigenvalue weighted by Crippen LogP contribution is 2.66. The summed E-state index contributed by atoms with van der Waals surface area (Å²) in [4.78, 5) is 12.2. The maximum absolute atomic E-state index is 12.2. The molecule has 0 heterocycles. The largest absolute Gasteiger partial charge is 0.272 e. The van der Waals surface area contributed by atoms with E-state index < -0.39 is 5.41 Å². The highest BCUT2D eigenvalue weighted by molar-refractivity contribution is 9.25. The van der Waals surface area contributed by atoms with E-state index in [0.29, 0.717) is 5.02 Å². The molecule has 21 heavy (non-hydrogen) atoms. The minimum Gasteiger partial charge on any atom is -0.272 e. The Morgan fingerprint density at radius 1 is 1.38 bits per heavy atom. The quantitative estimate of drug-likeness (QED) is 0.400. The Kier molecular flexibility index (Phi) is 5.16. The fraction of sp³-hybridized carbons (Fsp3) is 0.467. The van der Waals surface area contributed by atoms with Crippen molar-refractivity contribution in [2.45, 2.75) is 36.3 Å². The van der Waals surface area contributed by atoms with E-state index in [-0.39, 0.29) is 9.14 Å². The fourth-order valence-electron chi connectivity index (χ4n) is 2.03. The van der Waals surface area contributed by atoms with Crippen LogP contribution in [-0.2, 0) is 4.79 Å². The van der Waals surface area contributed by atoms with E-state index in [2.05, 4.69) is 49.3 Å². The Hall–Kier alpha value is -0.390. The van der Waals surface area contributed by atoms with Gasteiger partial charge >= 0.3 is 0 Å². The molecule has 1 aliphatic carbocycles. The summed E-state index contributed by atoms with van der Waals surface area (Å²) in [5.74, 6) is -0.0844. The minimum atomic E-state index is -0.464. The molecule has 1 N–H and O–H groups in total. The molecular formula is C15H17Br2ClN2O. The molecule has 1 saturated carbocycles. The van der Waals surface area contributed by atoms with Gasteiger partial charge in [-0.05, 0) is 37.5 Å². The molecule has 114 valence electrons. The number of carbonyl (C=O) groups excluding carboxylic acids is 1. The molecule has 1 fully saturated rings. The number of hydrogen-bond acceptors (Lipinski definition) is 2. The predicted octanol–water partition coefficient (Wildman–Crippen LogP) is 4.86. The normalized spacial score (nSPS) is 23.8. The molecule has 1 aromatic carbocycles. The summed E-state index contributed by atoms with van der Waals surface area (Å²) < 4.78 is -0.308. The summed E-state index contributed by atoms with van der Waals surface area (Å²) in [5.41, 5.74) is 4.07. The van der Waals surface area contributed by atoms with Gasteiger partial charge in [-0.25, -0.2) is 5.43 Å². The van der Waals surface area contributed by atoms with Crippen LogP contribution in [0.3, 0.4) is 0 Å². The van der Waals surface area contributed by atoms with Gasteiger partial charge in [0, 0.05) is 5.02 Å². The fourth-order valence-corrected chi connectivity index (χ4v) is 3.64. The van der Waals surface area contributed by atoms with Crippen LogP contribution in [0.1, 0.15) is 38.7 Å². The van der Waals surface area contributed by atoms with Crippen LogP contribution in [0, 0.1) is 5.41 Å². The van der Waals surface area contributed by atoms with Gasteiger partial charge in [-0.1, -0.05) is 68.9 Å². The van der Waals surface area contributed by atoms with Crippen LogP contribution < -0.4 is 5.43 Å². The van der Waals surface area contributed by atoms with Gasteiger partial charge in [-0.15, -0.1) is 0 Å². The van der Waals surface area contributed by atoms with Crippen LogP contribution in [0.25, 0.3) is 0 Å². The Morgan fingerprint density at radius 3 is 2.43 bits per heavy atom. The topological polar surface area (TPSA) is 41.5 Å². The Morgan fingerprint density at radius 2 is 1.95 bits per heavy atom. The summed E-state index contributed by atoms with van der Waals surface area (Å²) in [6, 6.07) is 7.49. The zero-order chi connectivity index (χ0) is 15.7. The average Bonchev–Trinajstić information content (AvgIpc) is 2.95. The lowest BCUT2D eigenvalue weighted by Gasteiger charge is -2.12. The first kappa shape index (κ1) is 17.0. The van der Waals surface area contributed by atoms with E-state index in [1.54, 1.807) is 0 Å². The molecule has 1 aromatic rings. The number of halogens is 3. The van der Waals surface area contributed by atoms with Crippen molar-refractivity contribution in [1.82, 2.24) is 5.43 Å². The molecule has 6 heteroatoms. The molecule has 1 unspecified atom stereocenters.